The van der Waals surface area contributed by atoms with Gasteiger partial charge < -0.3 is 9.84 Å². The average molecular weight is 225 g/mol. The van der Waals surface area contributed by atoms with Crippen LogP contribution in [0.3, 0.4) is 0 Å². The summed E-state index contributed by atoms with van der Waals surface area (Å²) in [6.45, 7) is 5.82. The number of hydrogen-bond donors (Lipinski definition) is 1. The van der Waals surface area contributed by atoms with E-state index < -0.39 is 11.5 Å². The molecule has 0 aromatic rings. The minimum Gasteiger partial charge on any atom is -0.479 e. The van der Waals surface area contributed by atoms with Gasteiger partial charge in [0.1, 0.15) is 6.61 Å². The van der Waals surface area contributed by atoms with Gasteiger partial charge in [0.15, 0.2) is 11.4 Å². The molecular weight excluding hydrogens is 206 g/mol. The van der Waals surface area contributed by atoms with Crippen molar-refractivity contribution in [2.24, 2.45) is 4.99 Å². The highest BCUT2D eigenvalue weighted by molar-refractivity contribution is 5.88. The summed E-state index contributed by atoms with van der Waals surface area (Å²) >= 11 is 0. The Bertz CT molecular complexity index is 299. The van der Waals surface area contributed by atoms with Crippen LogP contribution >= 0.6 is 0 Å². The molecule has 0 aromatic carbocycles. The predicted molar refractivity (Wildman–Crippen MR) is 62.7 cm³/mol. The summed E-state index contributed by atoms with van der Waals surface area (Å²) in [6, 6.07) is 0. The fourth-order valence-corrected chi connectivity index (χ4v) is 1.70. The van der Waals surface area contributed by atoms with Gasteiger partial charge in [0, 0.05) is 12.8 Å². The molecule has 4 nitrogen and oxygen atoms in total. The van der Waals surface area contributed by atoms with Crippen LogP contribution in [0.4, 0.5) is 0 Å². The second-order valence-electron chi connectivity index (χ2n) is 4.08. The van der Waals surface area contributed by atoms with Crippen molar-refractivity contribution in [2.45, 2.75) is 44.6 Å². The summed E-state index contributed by atoms with van der Waals surface area (Å²) in [5.41, 5.74) is -1.12. The highest BCUT2D eigenvalue weighted by Gasteiger charge is 2.42. The van der Waals surface area contributed by atoms with Gasteiger partial charge in [0.2, 0.25) is 0 Å². The summed E-state index contributed by atoms with van der Waals surface area (Å²) in [5.74, 6) is -0.351. The van der Waals surface area contributed by atoms with E-state index in [2.05, 4.69) is 18.5 Å². The third-order valence-electron chi connectivity index (χ3n) is 2.69. The molecule has 0 saturated carbocycles. The topological polar surface area (TPSA) is 58.9 Å². The minimum absolute atomic E-state index is 0.135. The summed E-state index contributed by atoms with van der Waals surface area (Å²) in [4.78, 5) is 15.4. The predicted octanol–water partition coefficient (Wildman–Crippen LogP) is 2.39. The Hall–Kier alpha value is -1.32. The van der Waals surface area contributed by atoms with E-state index in [1.165, 1.54) is 0 Å². The summed E-state index contributed by atoms with van der Waals surface area (Å²) in [5, 5.41) is 9.15. The molecular formula is C12H19NO3. The zero-order valence-corrected chi connectivity index (χ0v) is 9.74. The third-order valence-corrected chi connectivity index (χ3v) is 2.69. The molecule has 1 atom stereocenters. The molecule has 0 fully saturated rings. The van der Waals surface area contributed by atoms with Gasteiger partial charge >= 0.3 is 5.97 Å². The Labute approximate surface area is 96.0 Å². The van der Waals surface area contributed by atoms with Crippen molar-refractivity contribution < 1.29 is 14.6 Å². The summed E-state index contributed by atoms with van der Waals surface area (Å²) < 4.78 is 5.35. The highest BCUT2D eigenvalue weighted by Crippen LogP contribution is 2.25. The molecule has 1 rings (SSSR count). The third kappa shape index (κ3) is 2.84. The van der Waals surface area contributed by atoms with Gasteiger partial charge in [-0.1, -0.05) is 25.8 Å². The van der Waals surface area contributed by atoms with Crippen molar-refractivity contribution in [3.8, 4) is 0 Å². The van der Waals surface area contributed by atoms with Gasteiger partial charge in [0.05, 0.1) is 0 Å². The Morgan fingerprint density at radius 1 is 1.69 bits per heavy atom. The number of carbonyl (C=O) groups is 1. The molecule has 0 bridgehead atoms. The van der Waals surface area contributed by atoms with Gasteiger partial charge in [-0.15, -0.1) is 6.58 Å². The van der Waals surface area contributed by atoms with Crippen molar-refractivity contribution in [1.82, 2.24) is 0 Å². The van der Waals surface area contributed by atoms with Crippen molar-refractivity contribution in [2.75, 3.05) is 6.61 Å². The quantitative estimate of drug-likeness (QED) is 0.534. The maximum absolute atomic E-state index is 11.2. The van der Waals surface area contributed by atoms with Crippen LogP contribution in [0.1, 0.15) is 39.0 Å². The Morgan fingerprint density at radius 3 is 3.00 bits per heavy atom. The van der Waals surface area contributed by atoms with Crippen LogP contribution in [0.2, 0.25) is 0 Å². The lowest BCUT2D eigenvalue weighted by Gasteiger charge is -2.15. The molecule has 1 N–H and O–H groups in total. The normalized spacial score (nSPS) is 23.7. The molecule has 1 heterocycles. The van der Waals surface area contributed by atoms with Crippen molar-refractivity contribution in [3.05, 3.63) is 12.7 Å². The number of unbranched alkanes of at least 4 members (excludes halogenated alkanes) is 2. The van der Waals surface area contributed by atoms with E-state index >= 15 is 0 Å². The zero-order chi connectivity index (χ0) is 12.0. The van der Waals surface area contributed by atoms with Crippen LogP contribution in [0.5, 0.6) is 0 Å². The maximum atomic E-state index is 11.2. The first-order valence-electron chi connectivity index (χ1n) is 5.70. The number of aliphatic imine (C=N–C) groups is 1. The smallest absolute Gasteiger partial charge is 0.335 e. The number of aliphatic carboxylic acids is 1. The van der Waals surface area contributed by atoms with Crippen LogP contribution in [-0.2, 0) is 9.53 Å². The highest BCUT2D eigenvalue weighted by atomic mass is 16.5. The SMILES string of the molecule is C=CCC1(C(=O)O)COC(CCCCC)=N1. The van der Waals surface area contributed by atoms with Crippen molar-refractivity contribution in [3.63, 3.8) is 0 Å². The van der Waals surface area contributed by atoms with Crippen molar-refractivity contribution >= 4 is 11.9 Å². The van der Waals surface area contributed by atoms with E-state index in [1.54, 1.807) is 6.08 Å². The average Bonchev–Trinajstić information content (AvgIpc) is 2.64. The number of carboxylic acids is 1. The largest absolute Gasteiger partial charge is 0.479 e. The zero-order valence-electron chi connectivity index (χ0n) is 9.74. The van der Waals surface area contributed by atoms with Gasteiger partial charge in [0.25, 0.3) is 0 Å². The molecule has 0 aliphatic carbocycles. The van der Waals surface area contributed by atoms with Gasteiger partial charge in [-0.25, -0.2) is 9.79 Å². The van der Waals surface area contributed by atoms with E-state index in [0.29, 0.717) is 12.3 Å². The molecule has 0 saturated heterocycles. The van der Waals surface area contributed by atoms with Gasteiger partial charge in [-0.3, -0.25) is 0 Å². The molecule has 0 spiro atoms. The van der Waals surface area contributed by atoms with Crippen LogP contribution in [0, 0.1) is 0 Å². The van der Waals surface area contributed by atoms with E-state index in [0.717, 1.165) is 25.7 Å². The van der Waals surface area contributed by atoms with Crippen LogP contribution in [0.25, 0.3) is 0 Å². The molecule has 0 aromatic heterocycles. The number of nitrogens with zero attached hydrogens (tertiary/aromatic N) is 1. The first-order chi connectivity index (χ1) is 7.64. The molecule has 16 heavy (non-hydrogen) atoms. The number of carboxylic acid groups (broad SMARTS) is 1. The minimum atomic E-state index is -1.12. The van der Waals surface area contributed by atoms with Gasteiger partial charge in [-0.2, -0.15) is 0 Å². The van der Waals surface area contributed by atoms with Gasteiger partial charge in [-0.05, 0) is 6.42 Å². The molecule has 1 aliphatic rings. The Kier molecular flexibility index (Phi) is 4.52. The fourth-order valence-electron chi connectivity index (χ4n) is 1.70. The second-order valence-corrected chi connectivity index (χ2v) is 4.08. The molecule has 1 unspecified atom stereocenters. The number of ether oxygens (including phenoxy) is 1. The molecule has 0 amide bonds. The molecule has 4 heteroatoms. The standard InChI is InChI=1S/C12H19NO3/c1-3-5-6-7-10-13-12(8-4-2,9-16-10)11(14)15/h4H,2-3,5-9H2,1H3,(H,14,15). The maximum Gasteiger partial charge on any atom is 0.335 e. The van der Waals surface area contributed by atoms with Crippen LogP contribution in [0.15, 0.2) is 17.6 Å². The second kappa shape index (κ2) is 5.68. The molecule has 1 aliphatic heterocycles. The van der Waals surface area contributed by atoms with E-state index in [9.17, 15) is 4.79 Å². The van der Waals surface area contributed by atoms with Crippen molar-refractivity contribution in [1.29, 1.82) is 0 Å². The van der Waals surface area contributed by atoms with E-state index in [-0.39, 0.29) is 6.61 Å². The number of hydrogen-bond acceptors (Lipinski definition) is 3. The lowest BCUT2D eigenvalue weighted by molar-refractivity contribution is -0.143. The first kappa shape index (κ1) is 12.7. The summed E-state index contributed by atoms with van der Waals surface area (Å²) in [7, 11) is 0. The first-order valence-corrected chi connectivity index (χ1v) is 5.70. The lowest BCUT2D eigenvalue weighted by atomic mass is 9.98. The molecule has 90 valence electrons. The van der Waals surface area contributed by atoms with Crippen LogP contribution in [-0.4, -0.2) is 29.1 Å². The number of rotatable bonds is 7. The fraction of sp³-hybridized carbons (Fsp3) is 0.667. The Morgan fingerprint density at radius 2 is 2.44 bits per heavy atom. The van der Waals surface area contributed by atoms with E-state index in [4.69, 9.17) is 9.84 Å². The lowest BCUT2D eigenvalue weighted by Crippen LogP contribution is -2.37. The van der Waals surface area contributed by atoms with E-state index in [1.807, 2.05) is 0 Å². The monoisotopic (exact) mass is 225 g/mol. The molecule has 0 radical (unpaired) electrons. The summed E-state index contributed by atoms with van der Waals surface area (Å²) in [6.07, 6.45) is 5.88. The van der Waals surface area contributed by atoms with Crippen LogP contribution < -0.4 is 0 Å². The Balaban J connectivity index is 2.62.